The highest BCUT2D eigenvalue weighted by Crippen LogP contribution is 2.40. The molecule has 0 radical (unpaired) electrons. The number of halogens is 3. The molecule has 1 aromatic carbocycles. The number of carbonyl (C=O) groups is 1. The monoisotopic (exact) mass is 382 g/mol. The lowest BCUT2D eigenvalue weighted by Crippen LogP contribution is -2.40. The number of amides is 1. The molecule has 1 aliphatic heterocycles. The maximum atomic E-state index is 12.4. The number of hydrogen-bond acceptors (Lipinski definition) is 4. The summed E-state index contributed by atoms with van der Waals surface area (Å²) in [5, 5.41) is 13.1. The van der Waals surface area contributed by atoms with Gasteiger partial charge in [-0.1, -0.05) is 30.1 Å². The lowest BCUT2D eigenvalue weighted by Gasteiger charge is -2.23. The third kappa shape index (κ3) is 4.35. The minimum atomic E-state index is -0.443. The van der Waals surface area contributed by atoms with Gasteiger partial charge in [0.25, 0.3) is 5.91 Å². The standard InChI is InChI=1S/C15H20Cl2N2O3.ClH/c1-3-19-6-4-5-9(19)8-18-15(21)12-13(20)10(16)7-11(17)14(12)22-2;/h7,9,20H,3-6,8H2,1-2H3,(H,18,21);1H. The molecule has 0 bridgehead atoms. The molecular formula is C15H21Cl3N2O3. The van der Waals surface area contributed by atoms with Crippen molar-refractivity contribution in [1.82, 2.24) is 10.2 Å². The Hall–Kier alpha value is -0.880. The summed E-state index contributed by atoms with van der Waals surface area (Å²) >= 11 is 11.9. The topological polar surface area (TPSA) is 61.8 Å². The van der Waals surface area contributed by atoms with E-state index in [1.54, 1.807) is 0 Å². The van der Waals surface area contributed by atoms with Gasteiger partial charge in [-0.15, -0.1) is 12.4 Å². The highest BCUT2D eigenvalue weighted by atomic mass is 35.5. The fourth-order valence-electron chi connectivity index (χ4n) is 2.84. The summed E-state index contributed by atoms with van der Waals surface area (Å²) in [7, 11) is 1.39. The van der Waals surface area contributed by atoms with Gasteiger partial charge < -0.3 is 15.2 Å². The van der Waals surface area contributed by atoms with Crippen LogP contribution in [0.15, 0.2) is 6.07 Å². The quantitative estimate of drug-likeness (QED) is 0.818. The van der Waals surface area contributed by atoms with Crippen LogP contribution in [0.4, 0.5) is 0 Å². The van der Waals surface area contributed by atoms with Crippen LogP contribution in [0.2, 0.25) is 10.0 Å². The van der Waals surface area contributed by atoms with E-state index in [1.165, 1.54) is 13.2 Å². The molecule has 0 aromatic heterocycles. The zero-order valence-electron chi connectivity index (χ0n) is 13.1. The average Bonchev–Trinajstić information content (AvgIpc) is 2.95. The maximum Gasteiger partial charge on any atom is 0.259 e. The number of likely N-dealkylation sites (N-methyl/N-ethyl adjacent to an activating group) is 1. The first-order chi connectivity index (χ1) is 10.5. The third-order valence-electron chi connectivity index (χ3n) is 4.00. The maximum absolute atomic E-state index is 12.4. The number of ether oxygens (including phenoxy) is 1. The fraction of sp³-hybridized carbons (Fsp3) is 0.533. The van der Waals surface area contributed by atoms with E-state index < -0.39 is 5.91 Å². The Bertz CT molecular complexity index is 569. The van der Waals surface area contributed by atoms with Crippen LogP contribution in [-0.4, -0.2) is 48.7 Å². The van der Waals surface area contributed by atoms with E-state index in [-0.39, 0.29) is 39.5 Å². The van der Waals surface area contributed by atoms with Gasteiger partial charge in [-0.25, -0.2) is 0 Å². The molecule has 1 atom stereocenters. The van der Waals surface area contributed by atoms with E-state index in [4.69, 9.17) is 27.9 Å². The molecule has 0 saturated carbocycles. The number of likely N-dealkylation sites (tertiary alicyclic amines) is 1. The number of carbonyl (C=O) groups excluding carboxylic acids is 1. The minimum Gasteiger partial charge on any atom is -0.505 e. The Kier molecular flexibility index (Phi) is 7.74. The van der Waals surface area contributed by atoms with E-state index in [9.17, 15) is 9.90 Å². The van der Waals surface area contributed by atoms with Crippen LogP contribution in [0.1, 0.15) is 30.1 Å². The summed E-state index contributed by atoms with van der Waals surface area (Å²) in [6.45, 7) is 4.62. The van der Waals surface area contributed by atoms with Crippen molar-refractivity contribution in [2.75, 3.05) is 26.7 Å². The van der Waals surface area contributed by atoms with Gasteiger partial charge in [-0.05, 0) is 32.0 Å². The molecule has 1 saturated heterocycles. The SMILES string of the molecule is CCN1CCCC1CNC(=O)c1c(O)c(Cl)cc(Cl)c1OC.Cl. The fourth-order valence-corrected chi connectivity index (χ4v) is 3.38. The molecule has 0 aliphatic carbocycles. The molecule has 0 spiro atoms. The molecule has 1 amide bonds. The molecular weight excluding hydrogens is 363 g/mol. The third-order valence-corrected chi connectivity index (χ3v) is 4.56. The normalized spacial score (nSPS) is 17.7. The number of benzene rings is 1. The molecule has 1 aliphatic rings. The number of nitrogens with one attached hydrogen (secondary N) is 1. The van der Waals surface area contributed by atoms with Gasteiger partial charge in [-0.3, -0.25) is 9.69 Å². The molecule has 1 heterocycles. The summed E-state index contributed by atoms with van der Waals surface area (Å²) in [4.78, 5) is 14.7. The first kappa shape index (κ1) is 20.2. The Morgan fingerprint density at radius 2 is 2.17 bits per heavy atom. The average molecular weight is 384 g/mol. The van der Waals surface area contributed by atoms with Crippen molar-refractivity contribution >= 4 is 41.5 Å². The number of phenols is 1. The smallest absolute Gasteiger partial charge is 0.259 e. The highest BCUT2D eigenvalue weighted by Gasteiger charge is 2.26. The van der Waals surface area contributed by atoms with Crippen molar-refractivity contribution in [3.63, 3.8) is 0 Å². The Balaban J connectivity index is 0.00000264. The second-order valence-electron chi connectivity index (χ2n) is 5.23. The lowest BCUT2D eigenvalue weighted by molar-refractivity contribution is 0.0935. The lowest BCUT2D eigenvalue weighted by atomic mass is 10.1. The van der Waals surface area contributed by atoms with Crippen molar-refractivity contribution < 1.29 is 14.6 Å². The summed E-state index contributed by atoms with van der Waals surface area (Å²) in [6.07, 6.45) is 2.18. The van der Waals surface area contributed by atoms with Gasteiger partial charge in [-0.2, -0.15) is 0 Å². The van der Waals surface area contributed by atoms with E-state index in [2.05, 4.69) is 17.1 Å². The first-order valence-electron chi connectivity index (χ1n) is 7.26. The first-order valence-corrected chi connectivity index (χ1v) is 8.02. The molecule has 23 heavy (non-hydrogen) atoms. The number of rotatable bonds is 5. The van der Waals surface area contributed by atoms with Crippen molar-refractivity contribution in [1.29, 1.82) is 0 Å². The van der Waals surface area contributed by atoms with Gasteiger partial charge in [0.05, 0.1) is 17.2 Å². The van der Waals surface area contributed by atoms with E-state index in [0.717, 1.165) is 25.9 Å². The molecule has 1 aromatic rings. The largest absolute Gasteiger partial charge is 0.505 e. The summed E-state index contributed by atoms with van der Waals surface area (Å²) < 4.78 is 5.13. The van der Waals surface area contributed by atoms with E-state index in [0.29, 0.717) is 12.6 Å². The van der Waals surface area contributed by atoms with Crippen LogP contribution < -0.4 is 10.1 Å². The Morgan fingerprint density at radius 1 is 1.48 bits per heavy atom. The van der Waals surface area contributed by atoms with Crippen LogP contribution in [-0.2, 0) is 0 Å². The van der Waals surface area contributed by atoms with Gasteiger partial charge in [0, 0.05) is 12.6 Å². The Labute approximate surface area is 152 Å². The van der Waals surface area contributed by atoms with Crippen LogP contribution in [0.5, 0.6) is 11.5 Å². The van der Waals surface area contributed by atoms with Crippen molar-refractivity contribution in [3.05, 3.63) is 21.7 Å². The van der Waals surface area contributed by atoms with Crippen LogP contribution in [0.3, 0.4) is 0 Å². The zero-order chi connectivity index (χ0) is 16.3. The molecule has 2 rings (SSSR count). The predicted octanol–water partition coefficient (Wildman–Crippen LogP) is 3.34. The molecule has 1 unspecified atom stereocenters. The molecule has 8 heteroatoms. The van der Waals surface area contributed by atoms with Gasteiger partial charge in [0.1, 0.15) is 5.56 Å². The zero-order valence-corrected chi connectivity index (χ0v) is 15.4. The van der Waals surface area contributed by atoms with Crippen LogP contribution >= 0.6 is 35.6 Å². The molecule has 130 valence electrons. The number of hydrogen-bond donors (Lipinski definition) is 2. The number of phenolic OH excluding ortho intramolecular Hbond substituents is 1. The van der Waals surface area contributed by atoms with Crippen molar-refractivity contribution in [2.45, 2.75) is 25.8 Å². The van der Waals surface area contributed by atoms with Crippen molar-refractivity contribution in [2.24, 2.45) is 0 Å². The minimum absolute atomic E-state index is 0. The summed E-state index contributed by atoms with van der Waals surface area (Å²) in [5.41, 5.74) is -0.0268. The predicted molar refractivity (Wildman–Crippen MR) is 94.5 cm³/mol. The van der Waals surface area contributed by atoms with Crippen LogP contribution in [0, 0.1) is 0 Å². The van der Waals surface area contributed by atoms with Crippen LogP contribution in [0.25, 0.3) is 0 Å². The van der Waals surface area contributed by atoms with E-state index >= 15 is 0 Å². The second-order valence-corrected chi connectivity index (χ2v) is 6.05. The molecule has 1 fully saturated rings. The van der Waals surface area contributed by atoms with Gasteiger partial charge in [0.2, 0.25) is 0 Å². The van der Waals surface area contributed by atoms with Gasteiger partial charge >= 0.3 is 0 Å². The van der Waals surface area contributed by atoms with Gasteiger partial charge in [0.15, 0.2) is 11.5 Å². The van der Waals surface area contributed by atoms with Crippen molar-refractivity contribution in [3.8, 4) is 11.5 Å². The number of aromatic hydroxyl groups is 1. The molecule has 5 nitrogen and oxygen atoms in total. The summed E-state index contributed by atoms with van der Waals surface area (Å²) in [5.74, 6) is -0.638. The second kappa shape index (κ2) is 8.83. The molecule has 2 N–H and O–H groups in total. The summed E-state index contributed by atoms with van der Waals surface area (Å²) in [6, 6.07) is 1.67. The van der Waals surface area contributed by atoms with E-state index in [1.807, 2.05) is 0 Å². The Morgan fingerprint density at radius 3 is 2.78 bits per heavy atom. The number of nitrogens with zero attached hydrogens (tertiary/aromatic N) is 1. The highest BCUT2D eigenvalue weighted by molar-refractivity contribution is 6.37. The number of methoxy groups -OCH3 is 1.